The summed E-state index contributed by atoms with van der Waals surface area (Å²) in [7, 11) is 0. The third-order valence-electron chi connectivity index (χ3n) is 4.49. The molecule has 7 nitrogen and oxygen atoms in total. The van der Waals surface area contributed by atoms with E-state index in [0.29, 0.717) is 11.4 Å². The Morgan fingerprint density at radius 3 is 3.04 bits per heavy atom. The van der Waals surface area contributed by atoms with Crippen molar-refractivity contribution in [1.29, 1.82) is 0 Å². The Bertz CT molecular complexity index is 865. The van der Waals surface area contributed by atoms with Gasteiger partial charge in [0.15, 0.2) is 4.96 Å². The van der Waals surface area contributed by atoms with Crippen molar-refractivity contribution in [3.05, 3.63) is 33.7 Å². The average molecular weight is 380 g/mol. The second kappa shape index (κ2) is 7.94. The molecule has 0 spiro atoms. The maximum absolute atomic E-state index is 13.9. The zero-order valence-electron chi connectivity index (χ0n) is 14.5. The van der Waals surface area contributed by atoms with Gasteiger partial charge in [0.25, 0.3) is 11.5 Å². The van der Waals surface area contributed by atoms with E-state index < -0.39 is 23.7 Å². The molecular weight excluding hydrogens is 359 g/mol. The molecule has 1 aliphatic heterocycles. The zero-order chi connectivity index (χ0) is 18.7. The molecule has 9 heteroatoms. The number of halogens is 1. The zero-order valence-corrected chi connectivity index (χ0v) is 15.3. The van der Waals surface area contributed by atoms with Gasteiger partial charge in [0.05, 0.1) is 12.6 Å². The monoisotopic (exact) mass is 380 g/mol. The van der Waals surface area contributed by atoms with Gasteiger partial charge in [0.2, 0.25) is 5.91 Å². The molecule has 1 aliphatic rings. The van der Waals surface area contributed by atoms with Crippen LogP contribution < -0.4 is 10.9 Å². The molecule has 0 radical (unpaired) electrons. The van der Waals surface area contributed by atoms with Crippen LogP contribution >= 0.6 is 11.3 Å². The Balaban J connectivity index is 1.74. The Hall–Kier alpha value is -2.29. The molecule has 1 N–H and O–H groups in total. The van der Waals surface area contributed by atoms with E-state index in [1.54, 1.807) is 11.6 Å². The number of amides is 2. The summed E-state index contributed by atoms with van der Waals surface area (Å²) < 4.78 is 15.2. The summed E-state index contributed by atoms with van der Waals surface area (Å²) in [5.41, 5.74) is -0.549. The normalized spacial score (nSPS) is 19.8. The minimum Gasteiger partial charge on any atom is -0.354 e. The topological polar surface area (TPSA) is 83.8 Å². The number of alkyl halides is 1. The van der Waals surface area contributed by atoms with E-state index in [9.17, 15) is 18.8 Å². The molecule has 0 unspecified atom stereocenters. The summed E-state index contributed by atoms with van der Waals surface area (Å²) in [4.78, 5) is 43.0. The predicted octanol–water partition coefficient (Wildman–Crippen LogP) is 1.61. The van der Waals surface area contributed by atoms with E-state index in [1.807, 2.05) is 6.92 Å². The van der Waals surface area contributed by atoms with Crippen molar-refractivity contribution in [3.8, 4) is 0 Å². The Labute approximate surface area is 153 Å². The number of carbonyl (C=O) groups excluding carboxylic acids is 2. The second-order valence-electron chi connectivity index (χ2n) is 6.38. The van der Waals surface area contributed by atoms with Crippen LogP contribution in [0.5, 0.6) is 0 Å². The van der Waals surface area contributed by atoms with Crippen LogP contribution in [0.2, 0.25) is 0 Å². The van der Waals surface area contributed by atoms with Crippen LogP contribution in [0.15, 0.2) is 22.6 Å². The lowest BCUT2D eigenvalue weighted by molar-refractivity contribution is -0.121. The highest BCUT2D eigenvalue weighted by atomic mass is 32.1. The van der Waals surface area contributed by atoms with Gasteiger partial charge >= 0.3 is 0 Å². The third-order valence-corrected chi connectivity index (χ3v) is 5.26. The van der Waals surface area contributed by atoms with Gasteiger partial charge in [-0.3, -0.25) is 18.8 Å². The molecule has 0 aliphatic carbocycles. The number of thiazole rings is 1. The van der Waals surface area contributed by atoms with Gasteiger partial charge in [0.1, 0.15) is 11.7 Å². The number of rotatable bonds is 6. The number of fused-ring (bicyclic) bond motifs is 1. The first kappa shape index (κ1) is 18.5. The molecule has 2 aromatic rings. The number of hydrogen-bond acceptors (Lipinski definition) is 5. The molecule has 0 saturated carbocycles. The van der Waals surface area contributed by atoms with Crippen molar-refractivity contribution < 1.29 is 14.0 Å². The largest absolute Gasteiger partial charge is 0.354 e. The SMILES string of the molecule is CCCCC(=O)NC[C@@H]1C[C@H](F)CN1C(=O)c1cnc2sccn2c1=O. The van der Waals surface area contributed by atoms with Crippen molar-refractivity contribution in [2.24, 2.45) is 0 Å². The molecule has 1 saturated heterocycles. The fourth-order valence-corrected chi connectivity index (χ4v) is 3.76. The van der Waals surface area contributed by atoms with Gasteiger partial charge in [0, 0.05) is 37.2 Å². The number of nitrogens with zero attached hydrogens (tertiary/aromatic N) is 3. The molecule has 26 heavy (non-hydrogen) atoms. The van der Waals surface area contributed by atoms with E-state index in [-0.39, 0.29) is 31.0 Å². The van der Waals surface area contributed by atoms with E-state index >= 15 is 0 Å². The maximum Gasteiger partial charge on any atom is 0.271 e. The Kier molecular flexibility index (Phi) is 5.65. The minimum absolute atomic E-state index is 0.0832. The quantitative estimate of drug-likeness (QED) is 0.825. The summed E-state index contributed by atoms with van der Waals surface area (Å²) >= 11 is 1.29. The number of aromatic nitrogens is 2. The number of carbonyl (C=O) groups is 2. The van der Waals surface area contributed by atoms with Gasteiger partial charge in [-0.25, -0.2) is 9.37 Å². The van der Waals surface area contributed by atoms with Gasteiger partial charge in [-0.05, 0) is 6.42 Å². The highest BCUT2D eigenvalue weighted by Gasteiger charge is 2.37. The first-order chi connectivity index (χ1) is 12.5. The number of nitrogens with one attached hydrogen (secondary N) is 1. The summed E-state index contributed by atoms with van der Waals surface area (Å²) in [6.45, 7) is 2.10. The van der Waals surface area contributed by atoms with E-state index in [4.69, 9.17) is 0 Å². The molecule has 3 heterocycles. The lowest BCUT2D eigenvalue weighted by atomic mass is 10.2. The lowest BCUT2D eigenvalue weighted by Gasteiger charge is -2.24. The smallest absolute Gasteiger partial charge is 0.271 e. The highest BCUT2D eigenvalue weighted by molar-refractivity contribution is 7.15. The molecule has 1 fully saturated rings. The van der Waals surface area contributed by atoms with Crippen LogP contribution in [0.4, 0.5) is 4.39 Å². The van der Waals surface area contributed by atoms with Crippen LogP contribution in [0.3, 0.4) is 0 Å². The lowest BCUT2D eigenvalue weighted by Crippen LogP contribution is -2.44. The standard InChI is InChI=1S/C17H21FN4O3S/c1-2-3-4-14(23)19-8-12-7-11(18)10-22(12)16(25)13-9-20-17-21(15(13)24)5-6-26-17/h5-6,9,11-12H,2-4,7-8,10H2,1H3,(H,19,23)/t11-,12-/m0/s1. The maximum atomic E-state index is 13.9. The first-order valence-electron chi connectivity index (χ1n) is 8.67. The van der Waals surface area contributed by atoms with Crippen molar-refractivity contribution in [2.45, 2.75) is 44.8 Å². The molecule has 0 aromatic carbocycles. The van der Waals surface area contributed by atoms with Crippen LogP contribution in [0.25, 0.3) is 4.96 Å². The first-order valence-corrected chi connectivity index (χ1v) is 9.55. The molecule has 0 bridgehead atoms. The summed E-state index contributed by atoms with van der Waals surface area (Å²) in [6.07, 6.45) is 3.89. The number of unbranched alkanes of at least 4 members (excludes halogenated alkanes) is 1. The Morgan fingerprint density at radius 2 is 2.27 bits per heavy atom. The second-order valence-corrected chi connectivity index (χ2v) is 7.26. The van der Waals surface area contributed by atoms with Gasteiger partial charge in [-0.15, -0.1) is 11.3 Å². The van der Waals surface area contributed by atoms with Crippen molar-refractivity contribution in [3.63, 3.8) is 0 Å². The number of hydrogen-bond donors (Lipinski definition) is 1. The molecule has 140 valence electrons. The van der Waals surface area contributed by atoms with Crippen LogP contribution in [-0.2, 0) is 4.79 Å². The predicted molar refractivity (Wildman–Crippen MR) is 96.2 cm³/mol. The summed E-state index contributed by atoms with van der Waals surface area (Å²) in [5, 5.41) is 4.47. The molecular formula is C17H21FN4O3S. The van der Waals surface area contributed by atoms with E-state index in [1.165, 1.54) is 26.8 Å². The van der Waals surface area contributed by atoms with E-state index in [2.05, 4.69) is 10.3 Å². The van der Waals surface area contributed by atoms with Crippen LogP contribution in [0, 0.1) is 0 Å². The van der Waals surface area contributed by atoms with Crippen molar-refractivity contribution >= 4 is 28.1 Å². The fourth-order valence-electron chi connectivity index (χ4n) is 3.09. The third kappa shape index (κ3) is 3.77. The summed E-state index contributed by atoms with van der Waals surface area (Å²) in [6, 6.07) is -0.467. The molecule has 2 amide bonds. The average Bonchev–Trinajstić information content (AvgIpc) is 3.24. The number of likely N-dealkylation sites (tertiary alicyclic amines) is 1. The van der Waals surface area contributed by atoms with Crippen molar-refractivity contribution in [2.75, 3.05) is 13.1 Å². The molecule has 2 aromatic heterocycles. The molecule has 3 rings (SSSR count). The van der Waals surface area contributed by atoms with Crippen molar-refractivity contribution in [1.82, 2.24) is 19.6 Å². The van der Waals surface area contributed by atoms with Gasteiger partial charge in [-0.1, -0.05) is 13.3 Å². The summed E-state index contributed by atoms with van der Waals surface area (Å²) in [5.74, 6) is -0.654. The van der Waals surface area contributed by atoms with Gasteiger partial charge in [-0.2, -0.15) is 0 Å². The minimum atomic E-state index is -1.17. The molecule has 2 atom stereocenters. The highest BCUT2D eigenvalue weighted by Crippen LogP contribution is 2.22. The van der Waals surface area contributed by atoms with Crippen LogP contribution in [0.1, 0.15) is 43.0 Å². The van der Waals surface area contributed by atoms with Crippen LogP contribution in [-0.4, -0.2) is 51.4 Å². The fraction of sp³-hybridized carbons (Fsp3) is 0.529. The Morgan fingerprint density at radius 1 is 1.46 bits per heavy atom. The van der Waals surface area contributed by atoms with Gasteiger partial charge < -0.3 is 10.2 Å². The van der Waals surface area contributed by atoms with E-state index in [0.717, 1.165) is 12.8 Å².